The molecule has 1 saturated heterocycles. The van der Waals surface area contributed by atoms with Crippen molar-refractivity contribution >= 4 is 26.1 Å². The summed E-state index contributed by atoms with van der Waals surface area (Å²) in [6, 6.07) is 0. The van der Waals surface area contributed by atoms with Crippen LogP contribution in [0.5, 0.6) is 0 Å². The lowest BCUT2D eigenvalue weighted by Crippen LogP contribution is -2.63. The molecule has 1 fully saturated rings. The first-order chi connectivity index (χ1) is 15.7. The van der Waals surface area contributed by atoms with Crippen LogP contribution in [0.1, 0.15) is 61.3 Å². The molecule has 0 spiro atoms. The van der Waals surface area contributed by atoms with Crippen LogP contribution < -0.4 is 0 Å². The van der Waals surface area contributed by atoms with Gasteiger partial charge in [0.2, 0.25) is 0 Å². The van der Waals surface area contributed by atoms with Gasteiger partial charge in [-0.2, -0.15) is 39.1 Å². The SMILES string of the molecule is CC(C)C(C)C(C)(C(=O)OC1CCN(S(=O)(=O)C(F)(F)C(F)(F)C(F)(F)S(=O)(=O)O)CC1)C(C)(C)C. The second-order valence-corrected chi connectivity index (χ2v) is 14.0. The maximum atomic E-state index is 14.2. The molecular weight excluding hydrogens is 544 g/mol. The zero-order chi connectivity index (χ0) is 28.9. The number of hydrogen-bond acceptors (Lipinski definition) is 6. The Morgan fingerprint density at radius 1 is 0.889 bits per heavy atom. The van der Waals surface area contributed by atoms with Crippen LogP contribution in [0.4, 0.5) is 26.3 Å². The van der Waals surface area contributed by atoms with E-state index in [2.05, 4.69) is 0 Å². The molecule has 0 amide bonds. The summed E-state index contributed by atoms with van der Waals surface area (Å²) in [7, 11) is -13.6. The molecule has 0 aromatic heterocycles. The Balaban J connectivity index is 3.13. The number of sulfonamides is 1. The van der Waals surface area contributed by atoms with Crippen molar-refractivity contribution < 1.29 is 57.3 Å². The van der Waals surface area contributed by atoms with Crippen LogP contribution in [-0.4, -0.2) is 67.3 Å². The highest BCUT2D eigenvalue weighted by Crippen LogP contribution is 2.52. The van der Waals surface area contributed by atoms with Gasteiger partial charge in [-0.25, -0.2) is 8.42 Å². The summed E-state index contributed by atoms with van der Waals surface area (Å²) < 4.78 is 142. The number of piperidine rings is 1. The molecule has 0 aliphatic carbocycles. The highest BCUT2D eigenvalue weighted by Gasteiger charge is 2.82. The van der Waals surface area contributed by atoms with Crippen molar-refractivity contribution in [1.82, 2.24) is 4.31 Å². The normalized spacial score (nSPS) is 20.8. The van der Waals surface area contributed by atoms with Crippen LogP contribution >= 0.6 is 0 Å². The van der Waals surface area contributed by atoms with E-state index in [4.69, 9.17) is 9.29 Å². The van der Waals surface area contributed by atoms with Crippen molar-refractivity contribution in [3.8, 4) is 0 Å². The Labute approximate surface area is 207 Å². The van der Waals surface area contributed by atoms with E-state index in [1.807, 2.05) is 41.5 Å². The molecule has 0 aromatic rings. The molecule has 8 nitrogen and oxygen atoms in total. The van der Waals surface area contributed by atoms with Crippen molar-refractivity contribution in [2.75, 3.05) is 13.1 Å². The summed E-state index contributed by atoms with van der Waals surface area (Å²) in [5.74, 6) is -7.73. The van der Waals surface area contributed by atoms with Crippen LogP contribution in [0.3, 0.4) is 0 Å². The van der Waals surface area contributed by atoms with E-state index in [1.54, 1.807) is 6.92 Å². The minimum absolute atomic E-state index is 0.0681. The number of alkyl halides is 6. The molecule has 0 aromatic carbocycles. The Morgan fingerprint density at radius 2 is 1.31 bits per heavy atom. The van der Waals surface area contributed by atoms with Gasteiger partial charge < -0.3 is 4.74 Å². The van der Waals surface area contributed by atoms with E-state index in [1.165, 1.54) is 0 Å². The van der Waals surface area contributed by atoms with Gasteiger partial charge in [0, 0.05) is 13.1 Å². The van der Waals surface area contributed by atoms with Gasteiger partial charge in [-0.1, -0.05) is 41.5 Å². The van der Waals surface area contributed by atoms with Crippen LogP contribution in [0.2, 0.25) is 0 Å². The van der Waals surface area contributed by atoms with Gasteiger partial charge in [0.25, 0.3) is 10.0 Å². The fourth-order valence-electron chi connectivity index (χ4n) is 3.96. The molecule has 0 radical (unpaired) electrons. The average Bonchev–Trinajstić information content (AvgIpc) is 2.70. The van der Waals surface area contributed by atoms with Crippen LogP contribution in [0, 0.1) is 22.7 Å². The first-order valence-corrected chi connectivity index (χ1v) is 13.9. The Kier molecular flexibility index (Phi) is 9.03. The number of hydrogen-bond donors (Lipinski definition) is 1. The molecular formula is C20H33F6NO7S2. The minimum Gasteiger partial charge on any atom is -0.462 e. The van der Waals surface area contributed by atoms with Crippen molar-refractivity contribution in [3.05, 3.63) is 0 Å². The van der Waals surface area contributed by atoms with E-state index >= 15 is 0 Å². The third-order valence-corrected chi connectivity index (χ3v) is 10.1. The lowest BCUT2D eigenvalue weighted by Gasteiger charge is -2.46. The first kappa shape index (κ1) is 32.9. The van der Waals surface area contributed by atoms with Crippen LogP contribution in [0.25, 0.3) is 0 Å². The summed E-state index contributed by atoms with van der Waals surface area (Å²) in [6.45, 7) is 11.1. The highest BCUT2D eigenvalue weighted by molar-refractivity contribution is 7.90. The molecule has 2 unspecified atom stereocenters. The Bertz CT molecular complexity index is 1030. The summed E-state index contributed by atoms with van der Waals surface area (Å²) in [4.78, 5) is 13.2. The van der Waals surface area contributed by atoms with Gasteiger partial charge >= 0.3 is 32.5 Å². The van der Waals surface area contributed by atoms with Gasteiger partial charge in [0.05, 0.1) is 5.41 Å². The molecule has 1 aliphatic heterocycles. The number of ether oxygens (including phenoxy) is 1. The lowest BCUT2D eigenvalue weighted by atomic mass is 9.58. The number of carbonyl (C=O) groups excluding carboxylic acids is 1. The molecule has 1 aliphatic rings. The van der Waals surface area contributed by atoms with Gasteiger partial charge in [-0.15, -0.1) is 0 Å². The van der Waals surface area contributed by atoms with Crippen LogP contribution in [-0.2, 0) is 29.7 Å². The zero-order valence-corrected chi connectivity index (χ0v) is 22.6. The number of nitrogens with zero attached hydrogens (tertiary/aromatic N) is 1. The third-order valence-electron chi connectivity index (χ3n) is 7.29. The first-order valence-electron chi connectivity index (χ1n) is 11.0. The molecule has 36 heavy (non-hydrogen) atoms. The smallest absolute Gasteiger partial charge is 0.439 e. The number of esters is 1. The standard InChI is InChI=1S/C20H33F6NO7S2/c1-12(2)13(3)17(7,16(4,5)6)15(28)34-14-8-10-27(11-9-14)35(29,30)19(23,24)18(21,22)20(25,26)36(31,32)33/h12-14H,8-11H2,1-7H3,(H,31,32,33). The minimum atomic E-state index is -7.10. The fraction of sp³-hybridized carbons (Fsp3) is 0.950. The largest absolute Gasteiger partial charge is 0.462 e. The topological polar surface area (TPSA) is 118 Å². The van der Waals surface area contributed by atoms with Crippen molar-refractivity contribution in [1.29, 1.82) is 0 Å². The predicted molar refractivity (Wildman–Crippen MR) is 118 cm³/mol. The molecule has 1 rings (SSSR count). The fourth-order valence-corrected chi connectivity index (χ4v) is 5.95. The van der Waals surface area contributed by atoms with E-state index in [-0.39, 0.29) is 16.1 Å². The van der Waals surface area contributed by atoms with E-state index in [0.717, 1.165) is 0 Å². The summed E-state index contributed by atoms with van der Waals surface area (Å²) in [5.41, 5.74) is -1.59. The second kappa shape index (κ2) is 9.88. The molecule has 0 saturated carbocycles. The molecule has 1 N–H and O–H groups in total. The van der Waals surface area contributed by atoms with E-state index in [0.29, 0.717) is 0 Å². The second-order valence-electron chi connectivity index (χ2n) is 10.6. The number of halogens is 6. The number of carbonyl (C=O) groups is 1. The molecule has 0 bridgehead atoms. The maximum absolute atomic E-state index is 14.2. The Morgan fingerprint density at radius 3 is 1.64 bits per heavy atom. The molecule has 2 atom stereocenters. The Hall–Kier alpha value is -1.13. The predicted octanol–water partition coefficient (Wildman–Crippen LogP) is 4.38. The van der Waals surface area contributed by atoms with Crippen molar-refractivity contribution in [3.63, 3.8) is 0 Å². The lowest BCUT2D eigenvalue weighted by molar-refractivity contribution is -0.247. The van der Waals surface area contributed by atoms with Gasteiger partial charge in [0.15, 0.2) is 0 Å². The van der Waals surface area contributed by atoms with E-state index in [9.17, 15) is 48.0 Å². The third kappa shape index (κ3) is 5.23. The highest BCUT2D eigenvalue weighted by atomic mass is 32.2. The van der Waals surface area contributed by atoms with Gasteiger partial charge in [-0.3, -0.25) is 9.35 Å². The van der Waals surface area contributed by atoms with Crippen molar-refractivity contribution in [2.45, 2.75) is 83.8 Å². The summed E-state index contributed by atoms with van der Waals surface area (Å²) >= 11 is 0. The average molecular weight is 578 g/mol. The van der Waals surface area contributed by atoms with Gasteiger partial charge in [-0.05, 0) is 37.0 Å². The van der Waals surface area contributed by atoms with Crippen LogP contribution in [0.15, 0.2) is 0 Å². The monoisotopic (exact) mass is 577 g/mol. The van der Waals surface area contributed by atoms with Gasteiger partial charge in [0.1, 0.15) is 6.10 Å². The summed E-state index contributed by atoms with van der Waals surface area (Å²) in [5, 5.41) is -13.4. The number of rotatable bonds is 9. The summed E-state index contributed by atoms with van der Waals surface area (Å²) in [6.07, 6.45) is -1.78. The molecule has 214 valence electrons. The zero-order valence-electron chi connectivity index (χ0n) is 21.0. The van der Waals surface area contributed by atoms with Crippen molar-refractivity contribution in [2.24, 2.45) is 22.7 Å². The van der Waals surface area contributed by atoms with E-state index < -0.39 is 85.4 Å². The maximum Gasteiger partial charge on any atom is 0.439 e. The molecule has 16 heteroatoms. The molecule has 1 heterocycles. The quantitative estimate of drug-likeness (QED) is 0.246.